The standard InChI is InChI=1S/C14H8BrClN2O2S/c15-8-3-1-2-7(4-8)11-13(19)17-12(18-14(11)20)10-5-9(16)6-21-10/h1-6H,(H2,17,18,19,20). The van der Waals surface area contributed by atoms with Gasteiger partial charge in [0.1, 0.15) is 5.56 Å². The summed E-state index contributed by atoms with van der Waals surface area (Å²) in [6, 6.07) is 8.78. The lowest BCUT2D eigenvalue weighted by Crippen LogP contribution is -2.11. The number of halogens is 2. The highest BCUT2D eigenvalue weighted by atomic mass is 79.9. The minimum Gasteiger partial charge on any atom is -0.493 e. The van der Waals surface area contributed by atoms with Crippen LogP contribution in [0, 0.1) is 0 Å². The molecule has 0 amide bonds. The Morgan fingerprint density at radius 2 is 2.14 bits per heavy atom. The molecule has 3 rings (SSSR count). The molecule has 0 bridgehead atoms. The molecule has 4 nitrogen and oxygen atoms in total. The Labute approximate surface area is 137 Å². The number of H-pyrrole nitrogens is 1. The second-order valence-corrected chi connectivity index (χ2v) is 6.52. The SMILES string of the molecule is O=c1[nH]c(-c2cc(Cl)cs2)nc(O)c1-c1cccc(Br)c1. The fourth-order valence-electron chi connectivity index (χ4n) is 1.92. The lowest BCUT2D eigenvalue weighted by atomic mass is 10.1. The third-order valence-electron chi connectivity index (χ3n) is 2.81. The molecule has 0 unspecified atom stereocenters. The Bertz CT molecular complexity index is 875. The van der Waals surface area contributed by atoms with Gasteiger partial charge < -0.3 is 10.1 Å². The first-order valence-electron chi connectivity index (χ1n) is 5.88. The van der Waals surface area contributed by atoms with E-state index in [4.69, 9.17) is 11.6 Å². The van der Waals surface area contributed by atoms with Crippen LogP contribution in [0.2, 0.25) is 5.02 Å². The number of hydrogen-bond donors (Lipinski definition) is 2. The molecule has 21 heavy (non-hydrogen) atoms. The Kier molecular flexibility index (Phi) is 3.84. The summed E-state index contributed by atoms with van der Waals surface area (Å²) < 4.78 is 0.813. The van der Waals surface area contributed by atoms with E-state index in [0.717, 1.165) is 4.47 Å². The van der Waals surface area contributed by atoms with Gasteiger partial charge in [-0.3, -0.25) is 4.79 Å². The lowest BCUT2D eigenvalue weighted by molar-refractivity contribution is 0.454. The second-order valence-electron chi connectivity index (χ2n) is 4.25. The molecule has 0 aliphatic carbocycles. The molecule has 3 aromatic rings. The monoisotopic (exact) mass is 382 g/mol. The zero-order valence-corrected chi connectivity index (χ0v) is 13.6. The number of aromatic amines is 1. The smallest absolute Gasteiger partial charge is 0.262 e. The Morgan fingerprint density at radius 3 is 2.76 bits per heavy atom. The van der Waals surface area contributed by atoms with Gasteiger partial charge in [0, 0.05) is 9.85 Å². The summed E-state index contributed by atoms with van der Waals surface area (Å²) >= 11 is 10.5. The zero-order valence-electron chi connectivity index (χ0n) is 10.4. The number of aromatic nitrogens is 2. The molecule has 0 saturated carbocycles. The number of nitrogens with one attached hydrogen (secondary N) is 1. The highest BCUT2D eigenvalue weighted by Crippen LogP contribution is 2.30. The molecule has 106 valence electrons. The van der Waals surface area contributed by atoms with E-state index >= 15 is 0 Å². The van der Waals surface area contributed by atoms with Crippen LogP contribution in [0.3, 0.4) is 0 Å². The molecule has 1 aromatic carbocycles. The fraction of sp³-hybridized carbons (Fsp3) is 0. The zero-order chi connectivity index (χ0) is 15.0. The van der Waals surface area contributed by atoms with Gasteiger partial charge in [-0.1, -0.05) is 39.7 Å². The van der Waals surface area contributed by atoms with Crippen molar-refractivity contribution in [3.8, 4) is 27.7 Å². The maximum absolute atomic E-state index is 12.3. The number of aromatic hydroxyl groups is 1. The minimum atomic E-state index is -0.403. The molecule has 0 saturated heterocycles. The first-order chi connectivity index (χ1) is 10.0. The van der Waals surface area contributed by atoms with Gasteiger partial charge in [-0.05, 0) is 23.8 Å². The van der Waals surface area contributed by atoms with Gasteiger partial charge in [-0.2, -0.15) is 4.98 Å². The predicted molar refractivity (Wildman–Crippen MR) is 88.0 cm³/mol. The topological polar surface area (TPSA) is 66.0 Å². The summed E-state index contributed by atoms with van der Waals surface area (Å²) in [5.74, 6) is -0.00970. The fourth-order valence-corrected chi connectivity index (χ4v) is 3.34. The van der Waals surface area contributed by atoms with Crippen LogP contribution in [0.5, 0.6) is 5.88 Å². The number of rotatable bonds is 2. The van der Waals surface area contributed by atoms with Crippen LogP contribution >= 0.6 is 38.9 Å². The Morgan fingerprint density at radius 1 is 1.33 bits per heavy atom. The van der Waals surface area contributed by atoms with Crippen LogP contribution in [0.1, 0.15) is 0 Å². The van der Waals surface area contributed by atoms with Gasteiger partial charge in [0.25, 0.3) is 5.56 Å². The largest absolute Gasteiger partial charge is 0.493 e. The molecule has 0 radical (unpaired) electrons. The van der Waals surface area contributed by atoms with Crippen molar-refractivity contribution < 1.29 is 5.11 Å². The third-order valence-corrected chi connectivity index (χ3v) is 4.59. The van der Waals surface area contributed by atoms with Gasteiger partial charge >= 0.3 is 0 Å². The summed E-state index contributed by atoms with van der Waals surface area (Å²) in [6.45, 7) is 0. The Hall–Kier alpha value is -1.63. The predicted octanol–water partition coefficient (Wildman–Crippen LogP) is 4.29. The van der Waals surface area contributed by atoms with Crippen molar-refractivity contribution in [2.75, 3.05) is 0 Å². The molecule has 0 aliphatic rings. The van der Waals surface area contributed by atoms with Crippen LogP contribution < -0.4 is 5.56 Å². The van der Waals surface area contributed by atoms with Crippen LogP contribution in [0.15, 0.2) is 45.0 Å². The highest BCUT2D eigenvalue weighted by Gasteiger charge is 2.15. The van der Waals surface area contributed by atoms with Crippen molar-refractivity contribution in [3.63, 3.8) is 0 Å². The molecular formula is C14H8BrClN2O2S. The lowest BCUT2D eigenvalue weighted by Gasteiger charge is -2.05. The van der Waals surface area contributed by atoms with Crippen LogP contribution in [0.4, 0.5) is 0 Å². The molecule has 2 heterocycles. The Balaban J connectivity index is 2.15. The van der Waals surface area contributed by atoms with Gasteiger partial charge in [0.05, 0.1) is 9.90 Å². The van der Waals surface area contributed by atoms with Crippen molar-refractivity contribution in [2.24, 2.45) is 0 Å². The quantitative estimate of drug-likeness (QED) is 0.694. The van der Waals surface area contributed by atoms with Crippen molar-refractivity contribution in [2.45, 2.75) is 0 Å². The van der Waals surface area contributed by atoms with E-state index in [2.05, 4.69) is 25.9 Å². The van der Waals surface area contributed by atoms with E-state index < -0.39 is 5.56 Å². The van der Waals surface area contributed by atoms with Gasteiger partial charge in [0.2, 0.25) is 5.88 Å². The highest BCUT2D eigenvalue weighted by molar-refractivity contribution is 9.10. The molecule has 0 atom stereocenters. The summed E-state index contributed by atoms with van der Waals surface area (Å²) in [6.07, 6.45) is 0. The molecule has 7 heteroatoms. The summed E-state index contributed by atoms with van der Waals surface area (Å²) in [7, 11) is 0. The number of nitrogens with zero attached hydrogens (tertiary/aromatic N) is 1. The average molecular weight is 384 g/mol. The van der Waals surface area contributed by atoms with Crippen LogP contribution in [0.25, 0.3) is 21.8 Å². The normalized spacial score (nSPS) is 10.8. The average Bonchev–Trinajstić information content (AvgIpc) is 2.85. The van der Waals surface area contributed by atoms with Crippen molar-refractivity contribution in [3.05, 3.63) is 55.6 Å². The van der Waals surface area contributed by atoms with Crippen molar-refractivity contribution in [1.29, 1.82) is 0 Å². The van der Waals surface area contributed by atoms with E-state index in [9.17, 15) is 9.90 Å². The first kappa shape index (κ1) is 14.3. The second kappa shape index (κ2) is 5.63. The minimum absolute atomic E-state index is 0.141. The molecule has 2 aromatic heterocycles. The summed E-state index contributed by atoms with van der Waals surface area (Å²) in [5.41, 5.74) is 0.328. The van der Waals surface area contributed by atoms with E-state index in [0.29, 0.717) is 21.3 Å². The van der Waals surface area contributed by atoms with E-state index in [1.807, 2.05) is 6.07 Å². The van der Waals surface area contributed by atoms with Crippen LogP contribution in [-0.4, -0.2) is 15.1 Å². The first-order valence-corrected chi connectivity index (χ1v) is 7.93. The van der Waals surface area contributed by atoms with Crippen molar-refractivity contribution >= 4 is 38.9 Å². The number of benzene rings is 1. The molecule has 0 fully saturated rings. The van der Waals surface area contributed by atoms with E-state index in [1.54, 1.807) is 29.6 Å². The number of thiophene rings is 1. The van der Waals surface area contributed by atoms with Gasteiger partial charge in [-0.25, -0.2) is 0 Å². The molecule has 0 aliphatic heterocycles. The maximum atomic E-state index is 12.3. The summed E-state index contributed by atoms with van der Waals surface area (Å²) in [5, 5.41) is 12.4. The van der Waals surface area contributed by atoms with E-state index in [-0.39, 0.29) is 11.4 Å². The molecular weight excluding hydrogens is 376 g/mol. The van der Waals surface area contributed by atoms with Crippen molar-refractivity contribution in [1.82, 2.24) is 9.97 Å². The van der Waals surface area contributed by atoms with E-state index in [1.165, 1.54) is 11.3 Å². The molecule has 0 spiro atoms. The molecule has 2 N–H and O–H groups in total. The van der Waals surface area contributed by atoms with Gasteiger partial charge in [-0.15, -0.1) is 11.3 Å². The maximum Gasteiger partial charge on any atom is 0.262 e. The summed E-state index contributed by atoms with van der Waals surface area (Å²) in [4.78, 5) is 19.7. The van der Waals surface area contributed by atoms with Gasteiger partial charge in [0.15, 0.2) is 5.82 Å². The van der Waals surface area contributed by atoms with Crippen LogP contribution in [-0.2, 0) is 0 Å². The third kappa shape index (κ3) is 2.88. The number of hydrogen-bond acceptors (Lipinski definition) is 4.